The molecule has 0 unspecified atom stereocenters. The molecule has 35 heavy (non-hydrogen) atoms. The number of nitrogens with one attached hydrogen (secondary N) is 2. The molecular formula is C23H19ClN6O4S. The summed E-state index contributed by atoms with van der Waals surface area (Å²) >= 11 is 7.01. The third-order valence-corrected chi connectivity index (χ3v) is 5.91. The molecule has 0 bridgehead atoms. The minimum Gasteiger partial charge on any atom is -0.494 e. The Morgan fingerprint density at radius 3 is 2.51 bits per heavy atom. The predicted molar refractivity (Wildman–Crippen MR) is 132 cm³/mol. The molecule has 2 amide bonds. The number of nitrogens with zero attached hydrogens (tertiary/aromatic N) is 4. The van der Waals surface area contributed by atoms with Gasteiger partial charge < -0.3 is 15.2 Å². The first-order valence-corrected chi connectivity index (χ1v) is 11.4. The van der Waals surface area contributed by atoms with Crippen LogP contribution in [0.15, 0.2) is 48.8 Å². The molecule has 0 atom stereocenters. The quantitative estimate of drug-likeness (QED) is 0.317. The number of amides is 2. The molecule has 0 aliphatic rings. The van der Waals surface area contributed by atoms with Gasteiger partial charge in [-0.25, -0.2) is 4.98 Å². The topological polar surface area (TPSA) is 139 Å². The SMILES string of the molecule is COc1cnc(Cl)cc1-c1cc(C)ncc1C(=O)Nc1nnc(C(=O)Nc2ccc(CO)cc2)s1. The lowest BCUT2D eigenvalue weighted by molar-refractivity contribution is 0.101. The molecule has 4 rings (SSSR count). The van der Waals surface area contributed by atoms with E-state index >= 15 is 0 Å². The number of carbonyl (C=O) groups excluding carboxylic acids is 2. The second-order valence-corrected chi connectivity index (χ2v) is 8.62. The number of ether oxygens (including phenoxy) is 1. The van der Waals surface area contributed by atoms with Gasteiger partial charge in [-0.1, -0.05) is 35.1 Å². The van der Waals surface area contributed by atoms with Gasteiger partial charge in [0.25, 0.3) is 11.8 Å². The van der Waals surface area contributed by atoms with Crippen molar-refractivity contribution in [2.24, 2.45) is 0 Å². The molecule has 12 heteroatoms. The van der Waals surface area contributed by atoms with Gasteiger partial charge in [0.2, 0.25) is 10.1 Å². The molecule has 0 aliphatic carbocycles. The Balaban J connectivity index is 1.54. The average Bonchev–Trinajstić information content (AvgIpc) is 3.33. The van der Waals surface area contributed by atoms with Crippen LogP contribution in [-0.4, -0.2) is 44.2 Å². The summed E-state index contributed by atoms with van der Waals surface area (Å²) in [5.74, 6) is -0.533. The Morgan fingerprint density at radius 1 is 1.03 bits per heavy atom. The van der Waals surface area contributed by atoms with Gasteiger partial charge >= 0.3 is 0 Å². The molecule has 10 nitrogen and oxygen atoms in total. The maximum atomic E-state index is 13.1. The normalized spacial score (nSPS) is 10.6. The molecule has 0 saturated heterocycles. The number of aromatic nitrogens is 4. The first kappa shape index (κ1) is 24.2. The Morgan fingerprint density at radius 2 is 1.80 bits per heavy atom. The maximum absolute atomic E-state index is 13.1. The van der Waals surface area contributed by atoms with Crippen molar-refractivity contribution in [3.05, 3.63) is 75.8 Å². The van der Waals surface area contributed by atoms with E-state index in [1.165, 1.54) is 19.5 Å². The fourth-order valence-electron chi connectivity index (χ4n) is 3.16. The van der Waals surface area contributed by atoms with E-state index in [0.717, 1.165) is 16.9 Å². The van der Waals surface area contributed by atoms with E-state index in [9.17, 15) is 9.59 Å². The van der Waals surface area contributed by atoms with E-state index in [-0.39, 0.29) is 27.5 Å². The molecule has 3 aromatic heterocycles. The van der Waals surface area contributed by atoms with Gasteiger partial charge in [-0.3, -0.25) is 19.9 Å². The van der Waals surface area contributed by atoms with E-state index in [1.807, 2.05) is 0 Å². The molecule has 1 aromatic carbocycles. The van der Waals surface area contributed by atoms with Gasteiger partial charge in [0.15, 0.2) is 0 Å². The highest BCUT2D eigenvalue weighted by atomic mass is 35.5. The number of hydrogen-bond donors (Lipinski definition) is 3. The van der Waals surface area contributed by atoms with Crippen molar-refractivity contribution in [2.45, 2.75) is 13.5 Å². The Bertz CT molecular complexity index is 1390. The number of aryl methyl sites for hydroxylation is 1. The predicted octanol–water partition coefficient (Wildman–Crippen LogP) is 3.96. The lowest BCUT2D eigenvalue weighted by Crippen LogP contribution is -2.14. The molecule has 0 aliphatic heterocycles. The average molecular weight is 511 g/mol. The summed E-state index contributed by atoms with van der Waals surface area (Å²) in [6.07, 6.45) is 2.92. The molecule has 178 valence electrons. The summed E-state index contributed by atoms with van der Waals surface area (Å²) in [5, 5.41) is 22.7. The molecule has 0 saturated carbocycles. The zero-order chi connectivity index (χ0) is 24.9. The fraction of sp³-hybridized carbons (Fsp3) is 0.130. The van der Waals surface area contributed by atoms with Crippen LogP contribution in [0, 0.1) is 6.92 Å². The highest BCUT2D eigenvalue weighted by Gasteiger charge is 2.20. The summed E-state index contributed by atoms with van der Waals surface area (Å²) in [7, 11) is 1.50. The Hall–Kier alpha value is -3.93. The van der Waals surface area contributed by atoms with Gasteiger partial charge in [-0.15, -0.1) is 10.2 Å². The van der Waals surface area contributed by atoms with Crippen molar-refractivity contribution in [1.29, 1.82) is 0 Å². The first-order valence-electron chi connectivity index (χ1n) is 10.2. The number of benzene rings is 1. The molecular weight excluding hydrogens is 492 g/mol. The van der Waals surface area contributed by atoms with Crippen LogP contribution < -0.4 is 15.4 Å². The smallest absolute Gasteiger partial charge is 0.286 e. The summed E-state index contributed by atoms with van der Waals surface area (Å²) in [4.78, 5) is 33.9. The lowest BCUT2D eigenvalue weighted by Gasteiger charge is -2.13. The number of rotatable bonds is 7. The third kappa shape index (κ3) is 5.60. The van der Waals surface area contributed by atoms with Crippen LogP contribution >= 0.6 is 22.9 Å². The number of pyridine rings is 2. The number of aliphatic hydroxyl groups is 1. The number of aliphatic hydroxyl groups excluding tert-OH is 1. The standard InChI is InChI=1S/C23H19ClN6O4S/c1-12-7-15(16-8-19(24)26-10-18(16)34-2)17(9-25-12)20(32)28-23-30-29-22(35-23)21(33)27-14-5-3-13(11-31)4-6-14/h3-10,31H,11H2,1-2H3,(H,27,33)(H,28,30,32). The largest absolute Gasteiger partial charge is 0.494 e. The van der Waals surface area contributed by atoms with Crippen molar-refractivity contribution < 1.29 is 19.4 Å². The van der Waals surface area contributed by atoms with Crippen LogP contribution in [0.5, 0.6) is 5.75 Å². The van der Waals surface area contributed by atoms with E-state index < -0.39 is 11.8 Å². The van der Waals surface area contributed by atoms with Crippen molar-refractivity contribution in [3.63, 3.8) is 0 Å². The van der Waals surface area contributed by atoms with E-state index in [4.69, 9.17) is 21.4 Å². The van der Waals surface area contributed by atoms with Crippen molar-refractivity contribution in [2.75, 3.05) is 17.7 Å². The van der Waals surface area contributed by atoms with Crippen molar-refractivity contribution in [1.82, 2.24) is 20.2 Å². The van der Waals surface area contributed by atoms with Crippen LogP contribution in [0.1, 0.15) is 31.4 Å². The van der Waals surface area contributed by atoms with Gasteiger partial charge in [0.05, 0.1) is 25.5 Å². The fourth-order valence-corrected chi connectivity index (χ4v) is 3.95. The van der Waals surface area contributed by atoms with Crippen LogP contribution in [0.2, 0.25) is 5.15 Å². The van der Waals surface area contributed by atoms with Crippen molar-refractivity contribution in [3.8, 4) is 16.9 Å². The van der Waals surface area contributed by atoms with E-state index in [2.05, 4.69) is 30.8 Å². The number of methoxy groups -OCH3 is 1. The zero-order valence-corrected chi connectivity index (χ0v) is 20.1. The summed E-state index contributed by atoms with van der Waals surface area (Å²) in [5.41, 5.74) is 3.32. The van der Waals surface area contributed by atoms with Gasteiger partial charge in [-0.05, 0) is 36.8 Å². The molecule has 0 radical (unpaired) electrons. The molecule has 3 N–H and O–H groups in total. The van der Waals surface area contributed by atoms with Crippen LogP contribution in [-0.2, 0) is 6.61 Å². The zero-order valence-electron chi connectivity index (χ0n) is 18.6. The minimum atomic E-state index is -0.495. The molecule has 4 aromatic rings. The molecule has 0 spiro atoms. The number of hydrogen-bond acceptors (Lipinski definition) is 9. The summed E-state index contributed by atoms with van der Waals surface area (Å²) in [6, 6.07) is 10.1. The van der Waals surface area contributed by atoms with Crippen molar-refractivity contribution >= 4 is 45.6 Å². The van der Waals surface area contributed by atoms with Crippen LogP contribution in [0.25, 0.3) is 11.1 Å². The summed E-state index contributed by atoms with van der Waals surface area (Å²) < 4.78 is 5.39. The summed E-state index contributed by atoms with van der Waals surface area (Å²) in [6.45, 7) is 1.71. The number of anilines is 2. The first-order chi connectivity index (χ1) is 16.9. The molecule has 0 fully saturated rings. The maximum Gasteiger partial charge on any atom is 0.286 e. The lowest BCUT2D eigenvalue weighted by atomic mass is 10.0. The molecule has 3 heterocycles. The number of halogens is 1. The van der Waals surface area contributed by atoms with E-state index in [0.29, 0.717) is 28.3 Å². The second kappa shape index (κ2) is 10.6. The minimum absolute atomic E-state index is 0.0661. The van der Waals surface area contributed by atoms with Gasteiger partial charge in [0.1, 0.15) is 10.9 Å². The Kier molecular flexibility index (Phi) is 7.30. The third-order valence-electron chi connectivity index (χ3n) is 4.86. The van der Waals surface area contributed by atoms with E-state index in [1.54, 1.807) is 43.3 Å². The number of carbonyl (C=O) groups is 2. The van der Waals surface area contributed by atoms with Gasteiger partial charge in [0, 0.05) is 28.7 Å². The monoisotopic (exact) mass is 510 g/mol. The van der Waals surface area contributed by atoms with Crippen LogP contribution in [0.4, 0.5) is 10.8 Å². The highest BCUT2D eigenvalue weighted by Crippen LogP contribution is 2.34. The Labute approximate surface area is 209 Å². The second-order valence-electron chi connectivity index (χ2n) is 7.25. The van der Waals surface area contributed by atoms with Gasteiger partial charge in [-0.2, -0.15) is 0 Å². The van der Waals surface area contributed by atoms with Crippen LogP contribution in [0.3, 0.4) is 0 Å². The highest BCUT2D eigenvalue weighted by molar-refractivity contribution is 7.17.